The molecule has 0 radical (unpaired) electrons. The number of sulfonamides is 1. The molecule has 0 rings (SSSR count). The third kappa shape index (κ3) is 5.84. The zero-order valence-electron chi connectivity index (χ0n) is 6.70. The molecule has 1 amide bonds. The Morgan fingerprint density at radius 3 is 2.36 bits per heavy atom. The molecular weight excluding hydrogens is 166 g/mol. The molecular formula is C6H13NO3S. The summed E-state index contributed by atoms with van der Waals surface area (Å²) in [5, 5.41) is 0. The molecule has 0 aromatic carbocycles. The van der Waals surface area contributed by atoms with Gasteiger partial charge in [0, 0.05) is 0 Å². The average molecular weight is 179 g/mol. The fraction of sp³-hybridized carbons (Fsp3) is 0.833. The molecule has 0 aliphatic rings. The predicted molar refractivity (Wildman–Crippen MR) is 42.4 cm³/mol. The van der Waals surface area contributed by atoms with Gasteiger partial charge in [-0.1, -0.05) is 13.8 Å². The van der Waals surface area contributed by atoms with E-state index >= 15 is 0 Å². The van der Waals surface area contributed by atoms with E-state index in [0.717, 1.165) is 0 Å². The maximum absolute atomic E-state index is 10.8. The van der Waals surface area contributed by atoms with Gasteiger partial charge in [-0.25, -0.2) is 8.42 Å². The van der Waals surface area contributed by atoms with Crippen LogP contribution in [0.3, 0.4) is 0 Å². The first-order chi connectivity index (χ1) is 4.98. The summed E-state index contributed by atoms with van der Waals surface area (Å²) in [6.07, 6.45) is 0.763. The minimum Gasteiger partial charge on any atom is -0.278 e. The Bertz CT molecular complexity index is 208. The van der Waals surface area contributed by atoms with E-state index in [4.69, 9.17) is 0 Å². The van der Waals surface area contributed by atoms with E-state index in [-0.39, 0.29) is 12.2 Å². The second-order valence-corrected chi connectivity index (χ2v) is 4.61. The van der Waals surface area contributed by atoms with E-state index < -0.39 is 10.0 Å². The zero-order chi connectivity index (χ0) is 8.91. The van der Waals surface area contributed by atoms with Gasteiger partial charge in [0.1, 0.15) is 0 Å². The summed E-state index contributed by atoms with van der Waals surface area (Å²) in [5.74, 6) is 0.349. The molecule has 0 spiro atoms. The van der Waals surface area contributed by atoms with Crippen LogP contribution in [0.5, 0.6) is 0 Å². The van der Waals surface area contributed by atoms with Crippen LogP contribution in [0.4, 0.5) is 0 Å². The van der Waals surface area contributed by atoms with Crippen LogP contribution < -0.4 is 4.72 Å². The maximum atomic E-state index is 10.8. The average Bonchev–Trinajstić information content (AvgIpc) is 1.84. The second kappa shape index (κ2) is 4.33. The Hall–Kier alpha value is -0.580. The van der Waals surface area contributed by atoms with Crippen LogP contribution in [0, 0.1) is 5.92 Å². The summed E-state index contributed by atoms with van der Waals surface area (Å²) in [6, 6.07) is 0. The van der Waals surface area contributed by atoms with Gasteiger partial charge in [-0.15, -0.1) is 0 Å². The fourth-order valence-electron chi connectivity index (χ4n) is 0.523. The lowest BCUT2D eigenvalue weighted by Crippen LogP contribution is -2.25. The number of amides is 1. The van der Waals surface area contributed by atoms with Gasteiger partial charge in [-0.05, 0) is 12.3 Å². The normalized spacial score (nSPS) is 11.5. The molecule has 5 heteroatoms. The van der Waals surface area contributed by atoms with E-state index in [1.165, 1.54) is 0 Å². The van der Waals surface area contributed by atoms with Gasteiger partial charge in [0.2, 0.25) is 16.4 Å². The van der Waals surface area contributed by atoms with Crippen LogP contribution in [-0.2, 0) is 14.8 Å². The van der Waals surface area contributed by atoms with Gasteiger partial charge in [0.05, 0.1) is 5.75 Å². The first kappa shape index (κ1) is 10.4. The number of hydrogen-bond acceptors (Lipinski definition) is 3. The smallest absolute Gasteiger partial charge is 0.234 e. The first-order valence-corrected chi connectivity index (χ1v) is 5.07. The summed E-state index contributed by atoms with van der Waals surface area (Å²) >= 11 is 0. The molecule has 0 heterocycles. The molecule has 66 valence electrons. The summed E-state index contributed by atoms with van der Waals surface area (Å²) in [7, 11) is -3.34. The van der Waals surface area contributed by atoms with Gasteiger partial charge in [-0.2, -0.15) is 0 Å². The number of nitrogens with one attached hydrogen (secondary N) is 1. The molecule has 0 saturated carbocycles. The quantitative estimate of drug-likeness (QED) is 0.609. The van der Waals surface area contributed by atoms with Crippen LogP contribution in [0.1, 0.15) is 20.3 Å². The summed E-state index contributed by atoms with van der Waals surface area (Å²) < 4.78 is 23.4. The van der Waals surface area contributed by atoms with Crippen molar-refractivity contribution >= 4 is 16.4 Å². The highest BCUT2D eigenvalue weighted by atomic mass is 32.2. The Balaban J connectivity index is 3.83. The number of carbonyl (C=O) groups is 1. The molecule has 4 nitrogen and oxygen atoms in total. The lowest BCUT2D eigenvalue weighted by molar-refractivity contribution is -0.108. The SMILES string of the molecule is CC(C)CCS(=O)(=O)NC=O. The van der Waals surface area contributed by atoms with Gasteiger partial charge in [0.25, 0.3) is 0 Å². The highest BCUT2D eigenvalue weighted by Gasteiger charge is 2.08. The standard InChI is InChI=1S/C6H13NO3S/c1-6(2)3-4-11(9,10)7-5-8/h5-6H,3-4H2,1-2H3,(H,7,8). The molecule has 0 saturated heterocycles. The third-order valence-electron chi connectivity index (χ3n) is 1.19. The van der Waals surface area contributed by atoms with Crippen LogP contribution in [0.15, 0.2) is 0 Å². The van der Waals surface area contributed by atoms with Crippen LogP contribution in [-0.4, -0.2) is 20.6 Å². The Morgan fingerprint density at radius 1 is 1.45 bits per heavy atom. The van der Waals surface area contributed by atoms with Crippen molar-refractivity contribution in [1.29, 1.82) is 0 Å². The van der Waals surface area contributed by atoms with Crippen molar-refractivity contribution in [2.75, 3.05) is 5.75 Å². The highest BCUT2D eigenvalue weighted by Crippen LogP contribution is 2.00. The molecule has 0 aromatic rings. The molecule has 0 fully saturated rings. The fourth-order valence-corrected chi connectivity index (χ4v) is 1.57. The number of rotatable bonds is 5. The lowest BCUT2D eigenvalue weighted by atomic mass is 10.2. The highest BCUT2D eigenvalue weighted by molar-refractivity contribution is 7.89. The molecule has 1 N–H and O–H groups in total. The molecule has 11 heavy (non-hydrogen) atoms. The molecule has 0 atom stereocenters. The van der Waals surface area contributed by atoms with E-state index in [2.05, 4.69) is 0 Å². The topological polar surface area (TPSA) is 63.2 Å². The Labute approximate surface area is 67.0 Å². The Kier molecular flexibility index (Phi) is 4.10. The van der Waals surface area contributed by atoms with Gasteiger partial charge < -0.3 is 0 Å². The van der Waals surface area contributed by atoms with Crippen molar-refractivity contribution in [2.24, 2.45) is 5.92 Å². The maximum Gasteiger partial charge on any atom is 0.234 e. The van der Waals surface area contributed by atoms with Crippen molar-refractivity contribution in [3.8, 4) is 0 Å². The van der Waals surface area contributed by atoms with Crippen molar-refractivity contribution in [3.63, 3.8) is 0 Å². The van der Waals surface area contributed by atoms with Gasteiger partial charge in [-0.3, -0.25) is 9.52 Å². The van der Waals surface area contributed by atoms with E-state index in [9.17, 15) is 13.2 Å². The van der Waals surface area contributed by atoms with Crippen molar-refractivity contribution in [3.05, 3.63) is 0 Å². The predicted octanol–water partition coefficient (Wildman–Crippen LogP) is 0.108. The molecule has 0 aromatic heterocycles. The van der Waals surface area contributed by atoms with E-state index in [0.29, 0.717) is 12.3 Å². The monoisotopic (exact) mass is 179 g/mol. The lowest BCUT2D eigenvalue weighted by Gasteiger charge is -2.03. The van der Waals surface area contributed by atoms with Crippen LogP contribution in [0.2, 0.25) is 0 Å². The zero-order valence-corrected chi connectivity index (χ0v) is 7.52. The summed E-state index contributed by atoms with van der Waals surface area (Å²) in [5.41, 5.74) is 0. The van der Waals surface area contributed by atoms with Crippen LogP contribution >= 0.6 is 0 Å². The third-order valence-corrected chi connectivity index (χ3v) is 2.42. The minimum absolute atomic E-state index is 0.0173. The van der Waals surface area contributed by atoms with Crippen molar-refractivity contribution < 1.29 is 13.2 Å². The van der Waals surface area contributed by atoms with Crippen LogP contribution in [0.25, 0.3) is 0 Å². The molecule has 0 aliphatic carbocycles. The summed E-state index contributed by atoms with van der Waals surface area (Å²) in [4.78, 5) is 9.77. The second-order valence-electron chi connectivity index (χ2n) is 2.74. The van der Waals surface area contributed by atoms with Crippen molar-refractivity contribution in [1.82, 2.24) is 4.72 Å². The Morgan fingerprint density at radius 2 is 2.00 bits per heavy atom. The van der Waals surface area contributed by atoms with E-state index in [1.807, 2.05) is 13.8 Å². The number of hydrogen-bond donors (Lipinski definition) is 1. The first-order valence-electron chi connectivity index (χ1n) is 3.41. The molecule has 0 bridgehead atoms. The molecule has 0 aliphatic heterocycles. The number of carbonyl (C=O) groups excluding carboxylic acids is 1. The molecule has 0 unspecified atom stereocenters. The van der Waals surface area contributed by atoms with Gasteiger partial charge in [0.15, 0.2) is 0 Å². The largest absolute Gasteiger partial charge is 0.278 e. The minimum atomic E-state index is -3.34. The summed E-state index contributed by atoms with van der Waals surface area (Å²) in [6.45, 7) is 3.85. The van der Waals surface area contributed by atoms with Gasteiger partial charge >= 0.3 is 0 Å². The van der Waals surface area contributed by atoms with Crippen molar-refractivity contribution in [2.45, 2.75) is 20.3 Å². The van der Waals surface area contributed by atoms with E-state index in [1.54, 1.807) is 4.72 Å².